The van der Waals surface area contributed by atoms with Crippen molar-refractivity contribution in [1.82, 2.24) is 14.9 Å². The Morgan fingerprint density at radius 3 is 2.62 bits per heavy atom. The molecule has 0 saturated carbocycles. The van der Waals surface area contributed by atoms with Gasteiger partial charge in [-0.15, -0.1) is 11.3 Å². The molecule has 0 saturated heterocycles. The van der Waals surface area contributed by atoms with Gasteiger partial charge < -0.3 is 14.6 Å². The summed E-state index contributed by atoms with van der Waals surface area (Å²) >= 11 is 1.33. The molecule has 0 aliphatic heterocycles. The number of hydrogen-bond acceptors (Lipinski definition) is 5. The summed E-state index contributed by atoms with van der Waals surface area (Å²) in [5.41, 5.74) is 2.54. The Labute approximate surface area is 171 Å². The van der Waals surface area contributed by atoms with Crippen LogP contribution >= 0.6 is 11.3 Å². The molecule has 1 N–H and O–H groups in total. The van der Waals surface area contributed by atoms with Crippen LogP contribution in [0.4, 0.5) is 4.39 Å². The molecule has 7 heteroatoms. The fraction of sp³-hybridized carbons (Fsp3) is 0.273. The van der Waals surface area contributed by atoms with Crippen molar-refractivity contribution in [2.75, 3.05) is 27.7 Å². The number of likely N-dealkylation sites (N-methyl/N-ethyl adjacent to an activating group) is 1. The largest absolute Gasteiger partial charge is 0.480 e. The number of methoxy groups -OCH3 is 1. The molecule has 1 atom stereocenters. The molecule has 5 nitrogen and oxygen atoms in total. The quantitative estimate of drug-likeness (QED) is 0.487. The van der Waals surface area contributed by atoms with E-state index in [1.54, 1.807) is 0 Å². The molecule has 0 fully saturated rings. The standard InChI is InChI=1S/C22H22FN3O2S/c1-12(11-26(2)3)13-5-7-14(8-6-13)16-17-15-9-10-29-19(15)21(27)24-18(17)20(23)25-22(16)28-4/h5-10,12H,11H2,1-4H3,(H,24,27). The predicted molar refractivity (Wildman–Crippen MR) is 117 cm³/mol. The van der Waals surface area contributed by atoms with Gasteiger partial charge in [-0.25, -0.2) is 0 Å². The van der Waals surface area contributed by atoms with Crippen molar-refractivity contribution in [2.45, 2.75) is 12.8 Å². The lowest BCUT2D eigenvalue weighted by atomic mass is 9.95. The van der Waals surface area contributed by atoms with Gasteiger partial charge >= 0.3 is 0 Å². The zero-order valence-corrected chi connectivity index (χ0v) is 17.6. The minimum absolute atomic E-state index is 0.0988. The minimum Gasteiger partial charge on any atom is -0.480 e. The predicted octanol–water partition coefficient (Wildman–Crippen LogP) is 4.62. The second kappa shape index (κ2) is 7.57. The second-order valence-corrected chi connectivity index (χ2v) is 8.36. The van der Waals surface area contributed by atoms with Gasteiger partial charge in [-0.05, 0) is 42.6 Å². The van der Waals surface area contributed by atoms with E-state index in [4.69, 9.17) is 4.74 Å². The van der Waals surface area contributed by atoms with E-state index in [2.05, 4.69) is 48.0 Å². The molecule has 0 amide bonds. The summed E-state index contributed by atoms with van der Waals surface area (Å²) in [7, 11) is 5.58. The van der Waals surface area contributed by atoms with Crippen LogP contribution in [0.1, 0.15) is 18.4 Å². The Hall–Kier alpha value is -2.77. The lowest BCUT2D eigenvalue weighted by Crippen LogP contribution is -2.18. The highest BCUT2D eigenvalue weighted by Gasteiger charge is 2.21. The van der Waals surface area contributed by atoms with E-state index >= 15 is 0 Å². The Morgan fingerprint density at radius 2 is 1.97 bits per heavy atom. The topological polar surface area (TPSA) is 58.2 Å². The number of benzene rings is 1. The number of hydrogen-bond donors (Lipinski definition) is 1. The highest BCUT2D eigenvalue weighted by Crippen LogP contribution is 2.40. The number of nitrogens with one attached hydrogen (secondary N) is 1. The van der Waals surface area contributed by atoms with E-state index in [-0.39, 0.29) is 17.0 Å². The minimum atomic E-state index is -0.748. The average Bonchev–Trinajstić information content (AvgIpc) is 3.19. The van der Waals surface area contributed by atoms with E-state index in [1.807, 2.05) is 23.6 Å². The molecular weight excluding hydrogens is 389 g/mol. The second-order valence-electron chi connectivity index (χ2n) is 7.44. The van der Waals surface area contributed by atoms with Crippen LogP contribution in [-0.4, -0.2) is 42.6 Å². The molecule has 4 rings (SSSR count). The molecule has 1 aromatic carbocycles. The molecule has 0 aliphatic carbocycles. The Kier molecular flexibility index (Phi) is 5.10. The van der Waals surface area contributed by atoms with Gasteiger partial charge in [0.05, 0.1) is 12.7 Å². The maximum absolute atomic E-state index is 14.7. The number of aromatic amines is 1. The molecule has 3 aromatic heterocycles. The Morgan fingerprint density at radius 1 is 1.24 bits per heavy atom. The van der Waals surface area contributed by atoms with Gasteiger partial charge in [0.1, 0.15) is 10.2 Å². The van der Waals surface area contributed by atoms with E-state index in [0.717, 1.165) is 12.1 Å². The molecule has 29 heavy (non-hydrogen) atoms. The number of ether oxygens (including phenoxy) is 1. The average molecular weight is 412 g/mol. The van der Waals surface area contributed by atoms with Crippen molar-refractivity contribution < 1.29 is 9.13 Å². The first-order valence-corrected chi connectivity index (χ1v) is 10.2. The van der Waals surface area contributed by atoms with Crippen LogP contribution in [0.25, 0.3) is 32.1 Å². The van der Waals surface area contributed by atoms with Gasteiger partial charge in [0.2, 0.25) is 11.8 Å². The van der Waals surface area contributed by atoms with E-state index in [0.29, 0.717) is 27.0 Å². The number of fused-ring (bicyclic) bond motifs is 3. The highest BCUT2D eigenvalue weighted by atomic mass is 32.1. The summed E-state index contributed by atoms with van der Waals surface area (Å²) in [6.07, 6.45) is 0. The Balaban J connectivity index is 1.97. The van der Waals surface area contributed by atoms with Crippen molar-refractivity contribution in [3.63, 3.8) is 0 Å². The van der Waals surface area contributed by atoms with Crippen LogP contribution < -0.4 is 10.3 Å². The zero-order chi connectivity index (χ0) is 20.7. The first kappa shape index (κ1) is 19.5. The maximum Gasteiger partial charge on any atom is 0.266 e. The summed E-state index contributed by atoms with van der Waals surface area (Å²) in [6.45, 7) is 3.13. The number of nitrogens with zero attached hydrogens (tertiary/aromatic N) is 2. The Bertz CT molecular complexity index is 1250. The van der Waals surface area contributed by atoms with E-state index in [1.165, 1.54) is 24.0 Å². The summed E-state index contributed by atoms with van der Waals surface area (Å²) in [5.74, 6) is -0.172. The molecule has 0 bridgehead atoms. The third kappa shape index (κ3) is 3.41. The smallest absolute Gasteiger partial charge is 0.266 e. The monoisotopic (exact) mass is 411 g/mol. The number of halogens is 1. The molecular formula is C22H22FN3O2S. The van der Waals surface area contributed by atoms with Crippen LogP contribution in [0.15, 0.2) is 40.5 Å². The number of thiophene rings is 1. The normalized spacial score (nSPS) is 12.8. The molecule has 1 unspecified atom stereocenters. The lowest BCUT2D eigenvalue weighted by Gasteiger charge is -2.18. The first-order valence-electron chi connectivity index (χ1n) is 9.32. The molecule has 3 heterocycles. The van der Waals surface area contributed by atoms with Crippen LogP contribution in [0.3, 0.4) is 0 Å². The van der Waals surface area contributed by atoms with Gasteiger partial charge in [0.25, 0.3) is 5.56 Å². The molecule has 0 spiro atoms. The van der Waals surface area contributed by atoms with Gasteiger partial charge in [0, 0.05) is 17.3 Å². The number of pyridine rings is 2. The summed E-state index contributed by atoms with van der Waals surface area (Å²) in [5, 5.41) is 3.15. The van der Waals surface area contributed by atoms with Crippen molar-refractivity contribution in [3.8, 4) is 17.0 Å². The third-order valence-corrected chi connectivity index (χ3v) is 6.01. The number of rotatable bonds is 5. The van der Waals surface area contributed by atoms with Gasteiger partial charge in [-0.3, -0.25) is 4.79 Å². The van der Waals surface area contributed by atoms with E-state index < -0.39 is 5.95 Å². The molecule has 150 valence electrons. The molecule has 0 aliphatic rings. The number of H-pyrrole nitrogens is 1. The summed E-state index contributed by atoms with van der Waals surface area (Å²) in [6, 6.07) is 10.0. The summed E-state index contributed by atoms with van der Waals surface area (Å²) in [4.78, 5) is 21.1. The fourth-order valence-electron chi connectivity index (χ4n) is 3.82. The van der Waals surface area contributed by atoms with Crippen LogP contribution in [0.2, 0.25) is 0 Å². The maximum atomic E-state index is 14.7. The lowest BCUT2D eigenvalue weighted by molar-refractivity contribution is 0.383. The first-order chi connectivity index (χ1) is 13.9. The summed E-state index contributed by atoms with van der Waals surface area (Å²) < 4.78 is 20.7. The zero-order valence-electron chi connectivity index (χ0n) is 16.7. The van der Waals surface area contributed by atoms with E-state index in [9.17, 15) is 9.18 Å². The van der Waals surface area contributed by atoms with Gasteiger partial charge in [0.15, 0.2) is 0 Å². The van der Waals surface area contributed by atoms with Crippen molar-refractivity contribution >= 4 is 32.3 Å². The van der Waals surface area contributed by atoms with Crippen molar-refractivity contribution in [2.24, 2.45) is 0 Å². The molecule has 0 radical (unpaired) electrons. The van der Waals surface area contributed by atoms with Crippen molar-refractivity contribution in [1.29, 1.82) is 0 Å². The highest BCUT2D eigenvalue weighted by molar-refractivity contribution is 7.17. The van der Waals surface area contributed by atoms with Crippen LogP contribution in [0.5, 0.6) is 5.88 Å². The van der Waals surface area contributed by atoms with Crippen LogP contribution in [0, 0.1) is 5.95 Å². The third-order valence-electron chi connectivity index (χ3n) is 5.10. The van der Waals surface area contributed by atoms with Gasteiger partial charge in [-0.1, -0.05) is 31.2 Å². The van der Waals surface area contributed by atoms with Gasteiger partial charge in [-0.2, -0.15) is 9.37 Å². The van der Waals surface area contributed by atoms with Crippen molar-refractivity contribution in [3.05, 3.63) is 57.6 Å². The molecule has 4 aromatic rings. The van der Waals surface area contributed by atoms with Crippen LogP contribution in [-0.2, 0) is 0 Å². The number of aromatic nitrogens is 2. The SMILES string of the molecule is COc1nc(F)c2[nH]c(=O)c3sccc3c2c1-c1ccc(C(C)CN(C)C)cc1. The fourth-order valence-corrected chi connectivity index (χ4v) is 4.61.